The number of aliphatic hydroxyl groups is 1. The summed E-state index contributed by atoms with van der Waals surface area (Å²) in [5.41, 5.74) is 0.620. The summed E-state index contributed by atoms with van der Waals surface area (Å²) in [6, 6.07) is 5.55. The van der Waals surface area contributed by atoms with Crippen LogP contribution in [0.15, 0.2) is 22.7 Å². The Hall–Kier alpha value is -1.07. The Morgan fingerprint density at radius 1 is 1.50 bits per heavy atom. The SMILES string of the molecule is COc1ccc(Br)c(C(=O)N2CCCCC2CCO)c1. The van der Waals surface area contributed by atoms with E-state index in [-0.39, 0.29) is 18.6 Å². The van der Waals surface area contributed by atoms with E-state index in [2.05, 4.69) is 15.9 Å². The van der Waals surface area contributed by atoms with Crippen molar-refractivity contribution >= 4 is 21.8 Å². The number of likely N-dealkylation sites (tertiary alicyclic amines) is 1. The molecule has 0 aromatic heterocycles. The maximum absolute atomic E-state index is 12.7. The van der Waals surface area contributed by atoms with E-state index in [0.717, 1.165) is 30.3 Å². The highest BCUT2D eigenvalue weighted by molar-refractivity contribution is 9.10. The van der Waals surface area contributed by atoms with Gasteiger partial charge in [-0.25, -0.2) is 0 Å². The van der Waals surface area contributed by atoms with Gasteiger partial charge in [0.2, 0.25) is 0 Å². The molecule has 1 N–H and O–H groups in total. The maximum atomic E-state index is 12.7. The summed E-state index contributed by atoms with van der Waals surface area (Å²) in [4.78, 5) is 14.6. The maximum Gasteiger partial charge on any atom is 0.255 e. The molecule has 1 aromatic carbocycles. The van der Waals surface area contributed by atoms with Crippen LogP contribution in [0.25, 0.3) is 0 Å². The number of carbonyl (C=O) groups excluding carboxylic acids is 1. The number of rotatable bonds is 4. The number of hydrogen-bond acceptors (Lipinski definition) is 3. The number of ether oxygens (including phenoxy) is 1. The van der Waals surface area contributed by atoms with Crippen LogP contribution >= 0.6 is 15.9 Å². The number of carbonyl (C=O) groups is 1. The van der Waals surface area contributed by atoms with Gasteiger partial charge in [-0.05, 0) is 59.8 Å². The molecule has 1 atom stereocenters. The van der Waals surface area contributed by atoms with Crippen LogP contribution in [0, 0.1) is 0 Å². The van der Waals surface area contributed by atoms with Crippen molar-refractivity contribution in [1.29, 1.82) is 0 Å². The third-order valence-corrected chi connectivity index (χ3v) is 4.45. The summed E-state index contributed by atoms with van der Waals surface area (Å²) < 4.78 is 5.96. The summed E-state index contributed by atoms with van der Waals surface area (Å²) in [5.74, 6) is 0.682. The van der Waals surface area contributed by atoms with Crippen LogP contribution in [-0.2, 0) is 0 Å². The Morgan fingerprint density at radius 2 is 2.30 bits per heavy atom. The van der Waals surface area contributed by atoms with Crippen LogP contribution in [0.4, 0.5) is 0 Å². The summed E-state index contributed by atoms with van der Waals surface area (Å²) >= 11 is 3.43. The zero-order valence-electron chi connectivity index (χ0n) is 11.6. The van der Waals surface area contributed by atoms with Gasteiger partial charge in [0.1, 0.15) is 5.75 Å². The molecular weight excluding hydrogens is 322 g/mol. The summed E-state index contributed by atoms with van der Waals surface area (Å²) in [7, 11) is 1.59. The number of piperidine rings is 1. The van der Waals surface area contributed by atoms with Crippen molar-refractivity contribution in [3.05, 3.63) is 28.2 Å². The van der Waals surface area contributed by atoms with E-state index in [1.54, 1.807) is 13.2 Å². The Morgan fingerprint density at radius 3 is 3.00 bits per heavy atom. The van der Waals surface area contributed by atoms with Crippen LogP contribution < -0.4 is 4.74 Å². The largest absolute Gasteiger partial charge is 0.497 e. The minimum atomic E-state index is 0.00826. The van der Waals surface area contributed by atoms with Gasteiger partial charge in [0.15, 0.2) is 0 Å². The molecule has 0 radical (unpaired) electrons. The van der Waals surface area contributed by atoms with Crippen molar-refractivity contribution in [3.63, 3.8) is 0 Å². The van der Waals surface area contributed by atoms with Crippen molar-refractivity contribution in [2.24, 2.45) is 0 Å². The lowest BCUT2D eigenvalue weighted by Gasteiger charge is -2.35. The topological polar surface area (TPSA) is 49.8 Å². The molecule has 1 fully saturated rings. The molecule has 0 bridgehead atoms. The molecular formula is C15H20BrNO3. The summed E-state index contributed by atoms with van der Waals surface area (Å²) in [6.07, 6.45) is 3.75. The van der Waals surface area contributed by atoms with Gasteiger partial charge < -0.3 is 14.7 Å². The zero-order chi connectivity index (χ0) is 14.5. The van der Waals surface area contributed by atoms with Gasteiger partial charge in [0, 0.05) is 23.7 Å². The molecule has 1 amide bonds. The second-order valence-corrected chi connectivity index (χ2v) is 5.86. The number of nitrogens with zero attached hydrogens (tertiary/aromatic N) is 1. The second kappa shape index (κ2) is 7.09. The highest BCUT2D eigenvalue weighted by Gasteiger charge is 2.28. The molecule has 4 nitrogen and oxygen atoms in total. The minimum absolute atomic E-state index is 0.00826. The van der Waals surface area contributed by atoms with Crippen molar-refractivity contribution in [2.75, 3.05) is 20.3 Å². The third kappa shape index (κ3) is 3.33. The highest BCUT2D eigenvalue weighted by Crippen LogP contribution is 2.27. The molecule has 0 saturated carbocycles. The number of hydrogen-bond donors (Lipinski definition) is 1. The monoisotopic (exact) mass is 341 g/mol. The van der Waals surface area contributed by atoms with Gasteiger partial charge in [0.25, 0.3) is 5.91 Å². The van der Waals surface area contributed by atoms with Crippen molar-refractivity contribution in [1.82, 2.24) is 4.90 Å². The molecule has 2 rings (SSSR count). The molecule has 1 aliphatic rings. The average Bonchev–Trinajstić information content (AvgIpc) is 2.48. The van der Waals surface area contributed by atoms with Crippen molar-refractivity contribution in [2.45, 2.75) is 31.7 Å². The predicted molar refractivity (Wildman–Crippen MR) is 81.1 cm³/mol. The summed E-state index contributed by atoms with van der Waals surface area (Å²) in [6.45, 7) is 0.876. The first-order chi connectivity index (χ1) is 9.67. The molecule has 5 heteroatoms. The van der Waals surface area contributed by atoms with Crippen LogP contribution in [0.1, 0.15) is 36.0 Å². The Bertz CT molecular complexity index is 476. The lowest BCUT2D eigenvalue weighted by Crippen LogP contribution is -2.44. The number of aliphatic hydroxyl groups excluding tert-OH is 1. The van der Waals surface area contributed by atoms with E-state index in [0.29, 0.717) is 17.7 Å². The van der Waals surface area contributed by atoms with Gasteiger partial charge >= 0.3 is 0 Å². The van der Waals surface area contributed by atoms with E-state index in [4.69, 9.17) is 9.84 Å². The molecule has 1 saturated heterocycles. The van der Waals surface area contributed by atoms with Gasteiger partial charge in [-0.15, -0.1) is 0 Å². The molecule has 1 aliphatic heterocycles. The molecule has 0 spiro atoms. The van der Waals surface area contributed by atoms with E-state index < -0.39 is 0 Å². The Kier molecular flexibility index (Phi) is 5.43. The van der Waals surface area contributed by atoms with Gasteiger partial charge in [-0.1, -0.05) is 0 Å². The van der Waals surface area contributed by atoms with Gasteiger partial charge in [-0.2, -0.15) is 0 Å². The van der Waals surface area contributed by atoms with Crippen molar-refractivity contribution in [3.8, 4) is 5.75 Å². The van der Waals surface area contributed by atoms with Gasteiger partial charge in [-0.3, -0.25) is 4.79 Å². The Balaban J connectivity index is 2.24. The fourth-order valence-electron chi connectivity index (χ4n) is 2.67. The lowest BCUT2D eigenvalue weighted by atomic mass is 9.98. The van der Waals surface area contributed by atoms with Crippen LogP contribution in [0.2, 0.25) is 0 Å². The quantitative estimate of drug-likeness (QED) is 0.915. The molecule has 1 heterocycles. The first-order valence-corrected chi connectivity index (χ1v) is 7.72. The fraction of sp³-hybridized carbons (Fsp3) is 0.533. The fourth-order valence-corrected chi connectivity index (χ4v) is 3.08. The molecule has 110 valence electrons. The molecule has 20 heavy (non-hydrogen) atoms. The highest BCUT2D eigenvalue weighted by atomic mass is 79.9. The van der Waals surface area contributed by atoms with E-state index in [9.17, 15) is 4.79 Å². The minimum Gasteiger partial charge on any atom is -0.497 e. The first kappa shape index (κ1) is 15.3. The second-order valence-electron chi connectivity index (χ2n) is 5.01. The Labute approximate surface area is 127 Å². The number of methoxy groups -OCH3 is 1. The van der Waals surface area contributed by atoms with E-state index >= 15 is 0 Å². The number of benzene rings is 1. The molecule has 1 aromatic rings. The lowest BCUT2D eigenvalue weighted by molar-refractivity contribution is 0.0573. The number of halogens is 1. The first-order valence-electron chi connectivity index (χ1n) is 6.92. The van der Waals surface area contributed by atoms with Gasteiger partial charge in [0.05, 0.1) is 12.7 Å². The standard InChI is InChI=1S/C15H20BrNO3/c1-20-12-5-6-14(16)13(10-12)15(19)17-8-3-2-4-11(17)7-9-18/h5-6,10-11,18H,2-4,7-9H2,1H3. The predicted octanol–water partition coefficient (Wildman–Crippen LogP) is 2.83. The third-order valence-electron chi connectivity index (χ3n) is 3.75. The average molecular weight is 342 g/mol. The van der Waals surface area contributed by atoms with Crippen LogP contribution in [0.5, 0.6) is 5.75 Å². The molecule has 1 unspecified atom stereocenters. The smallest absolute Gasteiger partial charge is 0.255 e. The van der Waals surface area contributed by atoms with Crippen molar-refractivity contribution < 1.29 is 14.6 Å². The van der Waals surface area contributed by atoms with E-state index in [1.807, 2.05) is 17.0 Å². The summed E-state index contributed by atoms with van der Waals surface area (Å²) in [5, 5.41) is 9.16. The van der Waals surface area contributed by atoms with Crippen LogP contribution in [0.3, 0.4) is 0 Å². The normalized spacial score (nSPS) is 18.9. The van der Waals surface area contributed by atoms with Crippen LogP contribution in [-0.4, -0.2) is 42.2 Å². The van der Waals surface area contributed by atoms with E-state index in [1.165, 1.54) is 0 Å². The number of amides is 1. The molecule has 0 aliphatic carbocycles. The zero-order valence-corrected chi connectivity index (χ0v) is 13.2.